The van der Waals surface area contributed by atoms with Crippen molar-refractivity contribution in [3.8, 4) is 11.5 Å². The van der Waals surface area contributed by atoms with Crippen molar-refractivity contribution in [3.05, 3.63) is 69.9 Å². The number of pyridine rings is 1. The summed E-state index contributed by atoms with van der Waals surface area (Å²) < 4.78 is 38.2. The van der Waals surface area contributed by atoms with E-state index in [0.29, 0.717) is 44.6 Å². The van der Waals surface area contributed by atoms with Crippen molar-refractivity contribution in [2.24, 2.45) is 0 Å². The van der Waals surface area contributed by atoms with Gasteiger partial charge in [0.25, 0.3) is 5.56 Å². The van der Waals surface area contributed by atoms with E-state index in [-0.39, 0.29) is 17.5 Å². The van der Waals surface area contributed by atoms with Crippen LogP contribution >= 0.6 is 0 Å². The van der Waals surface area contributed by atoms with Crippen LogP contribution in [-0.2, 0) is 6.42 Å². The van der Waals surface area contributed by atoms with Crippen molar-refractivity contribution in [1.29, 1.82) is 0 Å². The van der Waals surface area contributed by atoms with Gasteiger partial charge in [0.15, 0.2) is 11.5 Å². The maximum Gasteiger partial charge on any atom is 0.258 e. The molecule has 156 valence electrons. The van der Waals surface area contributed by atoms with Gasteiger partial charge < -0.3 is 19.4 Å². The topological polar surface area (TPSA) is 92.9 Å². The van der Waals surface area contributed by atoms with Crippen molar-refractivity contribution in [2.75, 3.05) is 14.2 Å². The smallest absolute Gasteiger partial charge is 0.258 e. The third kappa shape index (κ3) is 3.14. The predicted molar refractivity (Wildman–Crippen MR) is 112 cm³/mol. The van der Waals surface area contributed by atoms with Crippen LogP contribution < -0.4 is 15.0 Å². The number of H-pyrrole nitrogens is 2. The second-order valence-electron chi connectivity index (χ2n) is 7.09. The van der Waals surface area contributed by atoms with E-state index in [9.17, 15) is 13.6 Å². The largest absolute Gasteiger partial charge is 0.493 e. The summed E-state index contributed by atoms with van der Waals surface area (Å²) in [6.45, 7) is 0. The van der Waals surface area contributed by atoms with Gasteiger partial charge in [-0.25, -0.2) is 13.8 Å². The van der Waals surface area contributed by atoms with Gasteiger partial charge in [0, 0.05) is 30.1 Å². The molecule has 2 N–H and O–H groups in total. The fourth-order valence-corrected chi connectivity index (χ4v) is 3.73. The van der Waals surface area contributed by atoms with Crippen LogP contribution in [0.4, 0.5) is 8.78 Å². The maximum absolute atomic E-state index is 14.1. The number of aromatic nitrogens is 4. The van der Waals surface area contributed by atoms with Gasteiger partial charge in [-0.1, -0.05) is 0 Å². The molecule has 0 fully saturated rings. The molecule has 0 aliphatic heterocycles. The quantitative estimate of drug-likeness (QED) is 0.459. The first-order chi connectivity index (χ1) is 15.0. The lowest BCUT2D eigenvalue weighted by molar-refractivity contribution is 0.355. The Labute approximate surface area is 173 Å². The Balaban J connectivity index is 1.58. The lowest BCUT2D eigenvalue weighted by Crippen LogP contribution is -2.12. The average molecular weight is 422 g/mol. The average Bonchev–Trinajstić information content (AvgIpc) is 3.11. The summed E-state index contributed by atoms with van der Waals surface area (Å²) in [6.07, 6.45) is 1.88. The highest BCUT2D eigenvalue weighted by Gasteiger charge is 2.14. The summed E-state index contributed by atoms with van der Waals surface area (Å²) in [4.78, 5) is 27.2. The van der Waals surface area contributed by atoms with Crippen molar-refractivity contribution in [2.45, 2.75) is 6.42 Å². The van der Waals surface area contributed by atoms with E-state index in [1.807, 2.05) is 0 Å². The lowest BCUT2D eigenvalue weighted by Gasteiger charge is -2.09. The second kappa shape index (κ2) is 7.05. The fourth-order valence-electron chi connectivity index (χ4n) is 3.73. The van der Waals surface area contributed by atoms with Gasteiger partial charge in [-0.15, -0.1) is 0 Å². The third-order valence-corrected chi connectivity index (χ3v) is 5.15. The van der Waals surface area contributed by atoms with E-state index < -0.39 is 11.6 Å². The van der Waals surface area contributed by atoms with Gasteiger partial charge >= 0.3 is 0 Å². The number of benzene rings is 2. The van der Waals surface area contributed by atoms with Gasteiger partial charge in [-0.2, -0.15) is 0 Å². The Morgan fingerprint density at radius 2 is 1.74 bits per heavy atom. The zero-order valence-electron chi connectivity index (χ0n) is 16.5. The van der Waals surface area contributed by atoms with Crippen LogP contribution in [0.25, 0.3) is 32.8 Å². The molecule has 3 heterocycles. The lowest BCUT2D eigenvalue weighted by atomic mass is 10.1. The van der Waals surface area contributed by atoms with Crippen LogP contribution in [0.2, 0.25) is 0 Å². The molecular weight excluding hydrogens is 406 g/mol. The molecule has 0 saturated heterocycles. The highest BCUT2D eigenvalue weighted by molar-refractivity contribution is 6.05. The molecular formula is C22H16F2N4O3. The van der Waals surface area contributed by atoms with Gasteiger partial charge in [0.2, 0.25) is 0 Å². The number of methoxy groups -OCH3 is 2. The van der Waals surface area contributed by atoms with E-state index in [1.165, 1.54) is 20.3 Å². The maximum atomic E-state index is 14.1. The molecule has 0 aliphatic rings. The summed E-state index contributed by atoms with van der Waals surface area (Å²) in [5, 5.41) is 0.750. The molecule has 0 saturated carbocycles. The van der Waals surface area contributed by atoms with Gasteiger partial charge in [-0.05, 0) is 23.8 Å². The Hall–Kier alpha value is -4.01. The molecule has 31 heavy (non-hydrogen) atoms. The fraction of sp³-hybridized carbons (Fsp3) is 0.136. The molecule has 9 heteroatoms. The summed E-state index contributed by atoms with van der Waals surface area (Å²) in [7, 11) is 3.00. The summed E-state index contributed by atoms with van der Waals surface area (Å²) in [5.74, 6) is -0.0120. The molecule has 2 aromatic carbocycles. The molecule has 0 spiro atoms. The number of ether oxygens (including phenoxy) is 2. The van der Waals surface area contributed by atoms with Gasteiger partial charge in [0.05, 0.1) is 41.7 Å². The minimum absolute atomic E-state index is 0.194. The molecule has 0 bridgehead atoms. The minimum atomic E-state index is -0.681. The van der Waals surface area contributed by atoms with E-state index in [4.69, 9.17) is 9.47 Å². The van der Waals surface area contributed by atoms with Crippen molar-refractivity contribution < 1.29 is 18.3 Å². The molecule has 5 aromatic rings. The number of hydrogen-bond donors (Lipinski definition) is 2. The monoisotopic (exact) mass is 422 g/mol. The molecule has 0 radical (unpaired) electrons. The number of nitrogens with zero attached hydrogens (tertiary/aromatic N) is 2. The first-order valence-corrected chi connectivity index (χ1v) is 9.37. The summed E-state index contributed by atoms with van der Waals surface area (Å²) in [5.41, 5.74) is 2.12. The predicted octanol–water partition coefficient (Wildman–Crippen LogP) is 3.84. The van der Waals surface area contributed by atoms with Crippen LogP contribution in [0.3, 0.4) is 0 Å². The van der Waals surface area contributed by atoms with Crippen LogP contribution in [0.5, 0.6) is 11.5 Å². The van der Waals surface area contributed by atoms with Gasteiger partial charge in [0.1, 0.15) is 17.5 Å². The zero-order chi connectivity index (χ0) is 21.7. The first-order valence-electron chi connectivity index (χ1n) is 9.37. The number of hydrogen-bond acceptors (Lipinski definition) is 5. The van der Waals surface area contributed by atoms with Crippen LogP contribution in [0.1, 0.15) is 11.4 Å². The Bertz CT molecular complexity index is 1540. The standard InChI is InChI=1S/C22H16F2N4O3/c1-30-17-7-12-15(8-18(17)31-2)26-19(28-22(12)29)4-10-3-16-21(25-9-10)13-5-11(23)6-14(24)20(13)27-16/h3,5-9,27H,4H2,1-2H3,(H,26,28,29). The number of fused-ring (bicyclic) bond motifs is 4. The summed E-state index contributed by atoms with van der Waals surface area (Å²) in [6, 6.07) is 7.07. The molecule has 7 nitrogen and oxygen atoms in total. The zero-order valence-corrected chi connectivity index (χ0v) is 16.5. The molecule has 3 aromatic heterocycles. The highest BCUT2D eigenvalue weighted by Crippen LogP contribution is 2.30. The number of aromatic amines is 2. The number of halogens is 2. The summed E-state index contributed by atoms with van der Waals surface area (Å²) >= 11 is 0. The van der Waals surface area contributed by atoms with Crippen molar-refractivity contribution >= 4 is 32.8 Å². The van der Waals surface area contributed by atoms with Crippen LogP contribution in [0, 0.1) is 11.6 Å². The second-order valence-corrected chi connectivity index (χ2v) is 7.09. The SMILES string of the molecule is COc1cc2nc(Cc3cnc4c(c3)[nH]c3c(F)cc(F)cc34)[nH]c(=O)c2cc1OC. The van der Waals surface area contributed by atoms with Crippen molar-refractivity contribution in [3.63, 3.8) is 0 Å². The van der Waals surface area contributed by atoms with Crippen molar-refractivity contribution in [1.82, 2.24) is 19.9 Å². The van der Waals surface area contributed by atoms with E-state index >= 15 is 0 Å². The molecule has 0 atom stereocenters. The Morgan fingerprint density at radius 3 is 2.52 bits per heavy atom. The first kappa shape index (κ1) is 19.0. The number of rotatable bonds is 4. The molecule has 0 unspecified atom stereocenters. The van der Waals surface area contributed by atoms with E-state index in [0.717, 1.165) is 11.6 Å². The Morgan fingerprint density at radius 1 is 0.968 bits per heavy atom. The number of nitrogens with one attached hydrogen (secondary N) is 2. The van der Waals surface area contributed by atoms with Crippen LogP contribution in [0.15, 0.2) is 41.3 Å². The molecule has 0 amide bonds. The molecule has 0 aliphatic carbocycles. The van der Waals surface area contributed by atoms with Crippen LogP contribution in [-0.4, -0.2) is 34.2 Å². The Kier molecular flexibility index (Phi) is 4.32. The van der Waals surface area contributed by atoms with Gasteiger partial charge in [-0.3, -0.25) is 9.78 Å². The van der Waals surface area contributed by atoms with E-state index in [2.05, 4.69) is 19.9 Å². The normalized spacial score (nSPS) is 11.5. The molecule has 5 rings (SSSR count). The third-order valence-electron chi connectivity index (χ3n) is 5.15. The highest BCUT2D eigenvalue weighted by atomic mass is 19.1. The van der Waals surface area contributed by atoms with E-state index in [1.54, 1.807) is 24.4 Å². The minimum Gasteiger partial charge on any atom is -0.493 e.